The monoisotopic (exact) mass is 212 g/mol. The molecule has 0 spiro atoms. The number of aryl methyl sites for hydroxylation is 1. The van der Waals surface area contributed by atoms with Crippen LogP contribution in [0.3, 0.4) is 0 Å². The third-order valence-corrected chi connectivity index (χ3v) is 2.91. The van der Waals surface area contributed by atoms with Crippen LogP contribution >= 0.6 is 0 Å². The predicted octanol–water partition coefficient (Wildman–Crippen LogP) is 0.140. The van der Waals surface area contributed by atoms with Crippen molar-refractivity contribution < 1.29 is 9.84 Å². The summed E-state index contributed by atoms with van der Waals surface area (Å²) in [4.78, 5) is 0. The van der Waals surface area contributed by atoms with Crippen LogP contribution in [0.15, 0.2) is 0 Å². The molecule has 0 amide bonds. The number of rotatable bonds is 3. The first-order chi connectivity index (χ1) is 7.29. The summed E-state index contributed by atoms with van der Waals surface area (Å²) in [5, 5.41) is 20.0. The van der Waals surface area contributed by atoms with Gasteiger partial charge in [0.2, 0.25) is 0 Å². The molecule has 84 valence electrons. The number of aliphatic hydroxyl groups is 1. The van der Waals surface area contributed by atoms with Crippen molar-refractivity contribution in [3.05, 3.63) is 0 Å². The zero-order chi connectivity index (χ0) is 10.7. The third-order valence-electron chi connectivity index (χ3n) is 2.91. The highest BCUT2D eigenvalue weighted by Gasteiger charge is 2.23. The van der Waals surface area contributed by atoms with Crippen LogP contribution < -0.4 is 4.74 Å². The second-order valence-corrected chi connectivity index (χ2v) is 4.03. The number of aliphatic hydroxyl groups excluding tert-OH is 1. The molecule has 0 aliphatic heterocycles. The zero-order valence-corrected chi connectivity index (χ0v) is 8.83. The molecule has 15 heavy (non-hydrogen) atoms. The lowest BCUT2D eigenvalue weighted by atomic mass is 9.88. The molecule has 0 bridgehead atoms. The van der Waals surface area contributed by atoms with Crippen molar-refractivity contribution in [2.24, 2.45) is 13.0 Å². The summed E-state index contributed by atoms with van der Waals surface area (Å²) >= 11 is 0. The Hall–Kier alpha value is -1.17. The first kappa shape index (κ1) is 10.4. The second kappa shape index (κ2) is 4.57. The van der Waals surface area contributed by atoms with Crippen molar-refractivity contribution in [1.29, 1.82) is 0 Å². The van der Waals surface area contributed by atoms with Crippen LogP contribution in [0.2, 0.25) is 0 Å². The van der Waals surface area contributed by atoms with Gasteiger partial charge in [-0.1, -0.05) is 5.10 Å². The molecule has 1 heterocycles. The molecule has 0 aromatic carbocycles. The molecule has 1 aromatic heterocycles. The minimum Gasteiger partial charge on any atom is -0.459 e. The van der Waals surface area contributed by atoms with E-state index >= 15 is 0 Å². The topological polar surface area (TPSA) is 73.1 Å². The van der Waals surface area contributed by atoms with E-state index in [1.54, 1.807) is 7.05 Å². The van der Waals surface area contributed by atoms with Crippen molar-refractivity contribution in [3.63, 3.8) is 0 Å². The van der Waals surface area contributed by atoms with E-state index < -0.39 is 0 Å². The van der Waals surface area contributed by atoms with E-state index in [-0.39, 0.29) is 12.7 Å². The Bertz CT molecular complexity index is 307. The highest BCUT2D eigenvalue weighted by atomic mass is 16.5. The SMILES string of the molecule is Cn1nnnc1OC1CCC(CO)CC1. The van der Waals surface area contributed by atoms with Crippen molar-refractivity contribution >= 4 is 0 Å². The molecule has 6 nitrogen and oxygen atoms in total. The molecule has 2 rings (SSSR count). The van der Waals surface area contributed by atoms with Gasteiger partial charge >= 0.3 is 6.01 Å². The van der Waals surface area contributed by atoms with Crippen molar-refractivity contribution in [2.45, 2.75) is 31.8 Å². The zero-order valence-electron chi connectivity index (χ0n) is 8.83. The van der Waals surface area contributed by atoms with Gasteiger partial charge in [-0.15, -0.1) is 0 Å². The van der Waals surface area contributed by atoms with Gasteiger partial charge < -0.3 is 9.84 Å². The van der Waals surface area contributed by atoms with Gasteiger partial charge in [0.05, 0.1) is 0 Å². The summed E-state index contributed by atoms with van der Waals surface area (Å²) < 4.78 is 7.19. The average Bonchev–Trinajstić information content (AvgIpc) is 2.66. The minimum atomic E-state index is 0.192. The van der Waals surface area contributed by atoms with E-state index in [4.69, 9.17) is 9.84 Å². The van der Waals surface area contributed by atoms with Gasteiger partial charge in [-0.3, -0.25) is 0 Å². The Morgan fingerprint density at radius 3 is 2.67 bits per heavy atom. The highest BCUT2D eigenvalue weighted by molar-refractivity contribution is 4.88. The molecule has 0 unspecified atom stereocenters. The lowest BCUT2D eigenvalue weighted by Gasteiger charge is -2.26. The summed E-state index contributed by atoms with van der Waals surface area (Å²) in [5.74, 6) is 0.447. The van der Waals surface area contributed by atoms with Gasteiger partial charge in [0.25, 0.3) is 0 Å². The van der Waals surface area contributed by atoms with Gasteiger partial charge in [-0.2, -0.15) is 4.68 Å². The summed E-state index contributed by atoms with van der Waals surface area (Å²) in [5.41, 5.74) is 0. The van der Waals surface area contributed by atoms with E-state index in [1.165, 1.54) is 4.68 Å². The van der Waals surface area contributed by atoms with Crippen LogP contribution in [0.1, 0.15) is 25.7 Å². The third kappa shape index (κ3) is 2.44. The minimum absolute atomic E-state index is 0.192. The molecular formula is C9H16N4O2. The maximum absolute atomic E-state index is 9.00. The van der Waals surface area contributed by atoms with Crippen molar-refractivity contribution in [3.8, 4) is 6.01 Å². The van der Waals surface area contributed by atoms with Gasteiger partial charge in [0.15, 0.2) is 0 Å². The van der Waals surface area contributed by atoms with Crippen molar-refractivity contribution in [2.75, 3.05) is 6.61 Å². The summed E-state index contributed by atoms with van der Waals surface area (Å²) in [6.07, 6.45) is 4.17. The molecule has 0 radical (unpaired) electrons. The van der Waals surface area contributed by atoms with Crippen LogP contribution in [0.5, 0.6) is 6.01 Å². The Morgan fingerprint density at radius 2 is 2.13 bits per heavy atom. The second-order valence-electron chi connectivity index (χ2n) is 4.03. The van der Waals surface area contributed by atoms with Crippen LogP contribution in [0, 0.1) is 5.92 Å². The molecule has 6 heteroatoms. The number of tetrazole rings is 1. The van der Waals surface area contributed by atoms with E-state index in [1.807, 2.05) is 0 Å². The fourth-order valence-corrected chi connectivity index (χ4v) is 1.90. The number of ether oxygens (including phenoxy) is 1. The lowest BCUT2D eigenvalue weighted by Crippen LogP contribution is -2.26. The standard InChI is InChI=1S/C9H16N4O2/c1-13-9(10-11-12-13)15-8-4-2-7(6-14)3-5-8/h7-8,14H,2-6H2,1H3. The lowest BCUT2D eigenvalue weighted by molar-refractivity contribution is 0.0931. The fourth-order valence-electron chi connectivity index (χ4n) is 1.90. The smallest absolute Gasteiger partial charge is 0.335 e. The van der Waals surface area contributed by atoms with Crippen molar-refractivity contribution in [1.82, 2.24) is 20.2 Å². The summed E-state index contributed by atoms with van der Waals surface area (Å²) in [7, 11) is 1.76. The van der Waals surface area contributed by atoms with Crippen LogP contribution in [0.25, 0.3) is 0 Å². The Labute approximate surface area is 88.2 Å². The van der Waals surface area contributed by atoms with Crippen LogP contribution in [-0.4, -0.2) is 38.0 Å². The molecule has 1 N–H and O–H groups in total. The Morgan fingerprint density at radius 1 is 1.40 bits per heavy atom. The molecule has 1 saturated carbocycles. The maximum Gasteiger partial charge on any atom is 0.335 e. The van der Waals surface area contributed by atoms with Gasteiger partial charge in [0.1, 0.15) is 6.10 Å². The average molecular weight is 212 g/mol. The maximum atomic E-state index is 9.00. The molecule has 1 aromatic rings. The molecule has 0 saturated heterocycles. The first-order valence-corrected chi connectivity index (χ1v) is 5.29. The van der Waals surface area contributed by atoms with Gasteiger partial charge in [0, 0.05) is 13.7 Å². The van der Waals surface area contributed by atoms with Crippen LogP contribution in [0.4, 0.5) is 0 Å². The Kier molecular flexibility index (Phi) is 3.15. The van der Waals surface area contributed by atoms with E-state index in [0.717, 1.165) is 25.7 Å². The van der Waals surface area contributed by atoms with Crippen LogP contribution in [-0.2, 0) is 7.05 Å². The quantitative estimate of drug-likeness (QED) is 0.771. The summed E-state index contributed by atoms with van der Waals surface area (Å²) in [6, 6.07) is 0.474. The van der Waals surface area contributed by atoms with E-state index in [0.29, 0.717) is 11.9 Å². The molecule has 0 atom stereocenters. The first-order valence-electron chi connectivity index (χ1n) is 5.29. The fraction of sp³-hybridized carbons (Fsp3) is 0.889. The normalized spacial score (nSPS) is 26.5. The molecule has 1 aliphatic rings. The van der Waals surface area contributed by atoms with E-state index in [2.05, 4.69) is 15.5 Å². The highest BCUT2D eigenvalue weighted by Crippen LogP contribution is 2.26. The molecular weight excluding hydrogens is 196 g/mol. The number of nitrogens with zero attached hydrogens (tertiary/aromatic N) is 4. The largest absolute Gasteiger partial charge is 0.459 e. The van der Waals surface area contributed by atoms with E-state index in [9.17, 15) is 0 Å². The number of hydrogen-bond acceptors (Lipinski definition) is 5. The number of hydrogen-bond donors (Lipinski definition) is 1. The predicted molar refractivity (Wildman–Crippen MR) is 52.3 cm³/mol. The Balaban J connectivity index is 1.85. The van der Waals surface area contributed by atoms with Gasteiger partial charge in [-0.25, -0.2) is 0 Å². The van der Waals surface area contributed by atoms with Gasteiger partial charge in [-0.05, 0) is 42.0 Å². The molecule has 1 fully saturated rings. The number of aromatic nitrogens is 4. The summed E-state index contributed by atoms with van der Waals surface area (Å²) in [6.45, 7) is 0.290. The molecule has 1 aliphatic carbocycles.